The molecule has 0 spiro atoms. The maximum Gasteiger partial charge on any atom is 0.149 e. The van der Waals surface area contributed by atoms with Crippen molar-refractivity contribution in [2.75, 3.05) is 29.6 Å². The van der Waals surface area contributed by atoms with Crippen LogP contribution in [0.1, 0.15) is 0 Å². The number of sulfone groups is 1. The highest BCUT2D eigenvalue weighted by Gasteiger charge is 2.04. The van der Waals surface area contributed by atoms with Crippen LogP contribution in [0.15, 0.2) is 16.7 Å². The van der Waals surface area contributed by atoms with E-state index in [1.807, 2.05) is 0 Å². The Morgan fingerprint density at radius 1 is 1.60 bits per heavy atom. The van der Waals surface area contributed by atoms with Gasteiger partial charge in [-0.15, -0.1) is 0 Å². The Morgan fingerprint density at radius 2 is 2.27 bits per heavy atom. The van der Waals surface area contributed by atoms with Gasteiger partial charge in [0.2, 0.25) is 0 Å². The van der Waals surface area contributed by atoms with Gasteiger partial charge in [0.25, 0.3) is 0 Å². The van der Waals surface area contributed by atoms with Crippen molar-refractivity contribution >= 4 is 37.3 Å². The van der Waals surface area contributed by atoms with Gasteiger partial charge in [-0.2, -0.15) is 0 Å². The Balaban J connectivity index is 2.59. The van der Waals surface area contributed by atoms with Crippen LogP contribution in [0.5, 0.6) is 0 Å². The zero-order valence-electron chi connectivity index (χ0n) is 8.20. The zero-order valence-corrected chi connectivity index (χ0v) is 10.6. The van der Waals surface area contributed by atoms with Crippen LogP contribution >= 0.6 is 15.9 Å². The molecule has 1 aromatic rings. The minimum atomic E-state index is -2.95. The third kappa shape index (κ3) is 4.48. The van der Waals surface area contributed by atoms with Crippen molar-refractivity contribution in [1.29, 1.82) is 0 Å². The summed E-state index contributed by atoms with van der Waals surface area (Å²) in [6.07, 6.45) is 2.70. The Kier molecular flexibility index (Phi) is 3.92. The van der Waals surface area contributed by atoms with E-state index in [1.54, 1.807) is 6.07 Å². The molecule has 1 rings (SSSR count). The molecule has 5 nitrogen and oxygen atoms in total. The number of nitrogens with two attached hydrogens (primary N) is 1. The van der Waals surface area contributed by atoms with E-state index in [-0.39, 0.29) is 5.75 Å². The number of nitrogen functional groups attached to an aromatic ring is 1. The van der Waals surface area contributed by atoms with Crippen LogP contribution in [0.4, 0.5) is 11.5 Å². The van der Waals surface area contributed by atoms with E-state index in [0.717, 1.165) is 4.47 Å². The SMILES string of the molecule is CS(=O)(=O)CCNc1ncc(N)cc1Br. The summed E-state index contributed by atoms with van der Waals surface area (Å²) in [7, 11) is -2.95. The van der Waals surface area contributed by atoms with E-state index in [4.69, 9.17) is 5.73 Å². The molecule has 84 valence electrons. The first kappa shape index (κ1) is 12.3. The zero-order chi connectivity index (χ0) is 11.5. The van der Waals surface area contributed by atoms with E-state index in [2.05, 4.69) is 26.2 Å². The highest BCUT2D eigenvalue weighted by atomic mass is 79.9. The van der Waals surface area contributed by atoms with Crippen molar-refractivity contribution in [3.8, 4) is 0 Å². The second kappa shape index (κ2) is 4.80. The average molecular weight is 294 g/mol. The number of hydrogen-bond donors (Lipinski definition) is 2. The smallest absolute Gasteiger partial charge is 0.149 e. The largest absolute Gasteiger partial charge is 0.397 e. The molecule has 0 aromatic carbocycles. The van der Waals surface area contributed by atoms with Gasteiger partial charge in [-0.25, -0.2) is 13.4 Å². The molecule has 15 heavy (non-hydrogen) atoms. The molecule has 1 aromatic heterocycles. The van der Waals surface area contributed by atoms with Crippen LogP contribution in [0, 0.1) is 0 Å². The fraction of sp³-hybridized carbons (Fsp3) is 0.375. The van der Waals surface area contributed by atoms with Crippen molar-refractivity contribution in [3.63, 3.8) is 0 Å². The second-order valence-electron chi connectivity index (χ2n) is 3.16. The molecule has 7 heteroatoms. The predicted molar refractivity (Wildman–Crippen MR) is 64.5 cm³/mol. The lowest BCUT2D eigenvalue weighted by Gasteiger charge is -2.06. The normalized spacial score (nSPS) is 11.3. The van der Waals surface area contributed by atoms with E-state index >= 15 is 0 Å². The minimum Gasteiger partial charge on any atom is -0.397 e. The van der Waals surface area contributed by atoms with Gasteiger partial charge >= 0.3 is 0 Å². The van der Waals surface area contributed by atoms with Crippen molar-refractivity contribution in [2.24, 2.45) is 0 Å². The third-order valence-corrected chi connectivity index (χ3v) is 3.18. The first-order valence-electron chi connectivity index (χ1n) is 4.21. The van der Waals surface area contributed by atoms with Crippen molar-refractivity contribution in [3.05, 3.63) is 16.7 Å². The van der Waals surface area contributed by atoms with Crippen LogP contribution < -0.4 is 11.1 Å². The molecule has 0 amide bonds. The van der Waals surface area contributed by atoms with Gasteiger partial charge in [-0.05, 0) is 22.0 Å². The monoisotopic (exact) mass is 293 g/mol. The molecule has 0 saturated carbocycles. The maximum atomic E-state index is 10.9. The molecule has 0 atom stereocenters. The first-order chi connectivity index (χ1) is 6.88. The average Bonchev–Trinajstić information content (AvgIpc) is 2.07. The van der Waals surface area contributed by atoms with E-state index < -0.39 is 9.84 Å². The van der Waals surface area contributed by atoms with Gasteiger partial charge < -0.3 is 11.1 Å². The standard InChI is InChI=1S/C8H12BrN3O2S/c1-15(13,14)3-2-11-8-7(9)4-6(10)5-12-8/h4-5H,2-3,10H2,1H3,(H,11,12). The summed E-state index contributed by atoms with van der Waals surface area (Å²) < 4.78 is 22.5. The highest BCUT2D eigenvalue weighted by Crippen LogP contribution is 2.21. The predicted octanol–water partition coefficient (Wildman–Crippen LogP) is 0.883. The molecule has 0 radical (unpaired) electrons. The summed E-state index contributed by atoms with van der Waals surface area (Å²) in [6, 6.07) is 1.70. The molecule has 0 unspecified atom stereocenters. The lowest BCUT2D eigenvalue weighted by molar-refractivity contribution is 0.602. The Hall–Kier alpha value is -0.820. The quantitative estimate of drug-likeness (QED) is 0.861. The summed E-state index contributed by atoms with van der Waals surface area (Å²) in [5.41, 5.74) is 6.06. The summed E-state index contributed by atoms with van der Waals surface area (Å²) >= 11 is 3.27. The van der Waals surface area contributed by atoms with Crippen molar-refractivity contribution in [2.45, 2.75) is 0 Å². The summed E-state index contributed by atoms with van der Waals surface area (Å²) in [5.74, 6) is 0.665. The Morgan fingerprint density at radius 3 is 2.80 bits per heavy atom. The van der Waals surface area contributed by atoms with Gasteiger partial charge in [0.15, 0.2) is 0 Å². The third-order valence-electron chi connectivity index (χ3n) is 1.63. The molecule has 0 fully saturated rings. The van der Waals surface area contributed by atoms with E-state index in [1.165, 1.54) is 12.5 Å². The number of nitrogens with one attached hydrogen (secondary N) is 1. The van der Waals surface area contributed by atoms with Gasteiger partial charge in [-0.1, -0.05) is 0 Å². The molecule has 0 aliphatic heterocycles. The lowest BCUT2D eigenvalue weighted by atomic mass is 10.4. The van der Waals surface area contributed by atoms with Gasteiger partial charge in [0, 0.05) is 12.8 Å². The van der Waals surface area contributed by atoms with Crippen molar-refractivity contribution in [1.82, 2.24) is 4.98 Å². The summed E-state index contributed by atoms with van der Waals surface area (Å²) in [6.45, 7) is 0.328. The number of halogens is 1. The van der Waals surface area contributed by atoms with Crippen LogP contribution in [-0.2, 0) is 9.84 Å². The molecule has 0 aliphatic carbocycles. The second-order valence-corrected chi connectivity index (χ2v) is 6.27. The number of rotatable bonds is 4. The van der Waals surface area contributed by atoms with Crippen molar-refractivity contribution < 1.29 is 8.42 Å². The number of hydrogen-bond acceptors (Lipinski definition) is 5. The van der Waals surface area contributed by atoms with Crippen LogP contribution in [0.25, 0.3) is 0 Å². The molecule has 0 bridgehead atoms. The van der Waals surface area contributed by atoms with Gasteiger partial charge in [0.05, 0.1) is 22.1 Å². The van der Waals surface area contributed by atoms with Crippen LogP contribution in [0.2, 0.25) is 0 Å². The Labute approximate surface area is 97.1 Å². The van der Waals surface area contributed by atoms with E-state index in [9.17, 15) is 8.42 Å². The maximum absolute atomic E-state index is 10.9. The number of anilines is 2. The van der Waals surface area contributed by atoms with Crippen LogP contribution in [-0.4, -0.2) is 32.0 Å². The topological polar surface area (TPSA) is 85.1 Å². The fourth-order valence-electron chi connectivity index (χ4n) is 0.938. The first-order valence-corrected chi connectivity index (χ1v) is 7.06. The molecule has 0 saturated heterocycles. The lowest BCUT2D eigenvalue weighted by Crippen LogP contribution is -2.15. The molecule has 1 heterocycles. The fourth-order valence-corrected chi connectivity index (χ4v) is 1.92. The van der Waals surface area contributed by atoms with Gasteiger partial charge in [0.1, 0.15) is 15.7 Å². The van der Waals surface area contributed by atoms with Crippen LogP contribution in [0.3, 0.4) is 0 Å². The molecule has 3 N–H and O–H groups in total. The number of aromatic nitrogens is 1. The minimum absolute atomic E-state index is 0.0749. The summed E-state index contributed by atoms with van der Waals surface area (Å²) in [4.78, 5) is 4.02. The molecule has 0 aliphatic rings. The molecular formula is C8H12BrN3O2S. The highest BCUT2D eigenvalue weighted by molar-refractivity contribution is 9.10. The number of nitrogens with zero attached hydrogens (tertiary/aromatic N) is 1. The summed E-state index contributed by atoms with van der Waals surface area (Å²) in [5, 5.41) is 2.90. The Bertz CT molecular complexity index is 447. The number of pyridine rings is 1. The molecular weight excluding hydrogens is 282 g/mol. The van der Waals surface area contributed by atoms with E-state index in [0.29, 0.717) is 18.1 Å². The van der Waals surface area contributed by atoms with Gasteiger partial charge in [-0.3, -0.25) is 0 Å².